The van der Waals surface area contributed by atoms with E-state index in [0.29, 0.717) is 0 Å². The number of Topliss-reactive ketones (excluding diaryl/α,β-unsaturated/α-hetero) is 1. The molecule has 0 aliphatic rings. The molecule has 184 valence electrons. The number of hydrogen-bond acceptors (Lipinski definition) is 6. The highest BCUT2D eigenvalue weighted by molar-refractivity contribution is 7.90. The number of benzene rings is 1. The molecule has 0 N–H and O–H groups in total. The molecule has 2 rings (SSSR count). The molecule has 1 aromatic heterocycles. The van der Waals surface area contributed by atoms with E-state index in [2.05, 4.69) is 33.9 Å². The van der Waals surface area contributed by atoms with Gasteiger partial charge in [0.25, 0.3) is 10.0 Å². The Kier molecular flexibility index (Phi) is 8.42. The zero-order valence-electron chi connectivity index (χ0n) is 20.6. The van der Waals surface area contributed by atoms with Gasteiger partial charge in [0, 0.05) is 20.4 Å². The fraction of sp³-hybridized carbons (Fsp3) is 0.522. The average Bonchev–Trinajstić information content (AvgIpc) is 3.13. The van der Waals surface area contributed by atoms with E-state index in [1.165, 1.54) is 38.6 Å². The van der Waals surface area contributed by atoms with Crippen LogP contribution >= 0.6 is 11.6 Å². The van der Waals surface area contributed by atoms with Gasteiger partial charge in [-0.05, 0) is 43.3 Å². The molecule has 7 nitrogen and oxygen atoms in total. The number of aromatic nitrogens is 1. The highest BCUT2D eigenvalue weighted by Gasteiger charge is 2.42. The van der Waals surface area contributed by atoms with Crippen LogP contribution in [-0.2, 0) is 23.9 Å². The van der Waals surface area contributed by atoms with Crippen LogP contribution in [-0.4, -0.2) is 53.1 Å². The Bertz CT molecular complexity index is 1080. The Labute approximate surface area is 203 Å². The Morgan fingerprint density at radius 1 is 1.06 bits per heavy atom. The van der Waals surface area contributed by atoms with Crippen LogP contribution in [0.15, 0.2) is 41.4 Å². The number of carbonyl (C=O) groups excluding carboxylic acids is 1. The van der Waals surface area contributed by atoms with Crippen molar-refractivity contribution in [2.24, 2.45) is 0 Å². The molecule has 0 radical (unpaired) electrons. The van der Waals surface area contributed by atoms with E-state index in [-0.39, 0.29) is 33.7 Å². The number of ketones is 1. The Morgan fingerprint density at radius 3 is 2.09 bits per heavy atom. The van der Waals surface area contributed by atoms with Crippen molar-refractivity contribution in [1.82, 2.24) is 3.97 Å². The number of halogens is 1. The first-order chi connectivity index (χ1) is 15.1. The molecule has 0 saturated heterocycles. The number of methoxy groups -OCH3 is 2. The number of rotatable bonds is 10. The first kappa shape index (κ1) is 27.7. The number of hydrogen-bond donors (Lipinski definition) is 0. The Morgan fingerprint density at radius 2 is 1.61 bits per heavy atom. The van der Waals surface area contributed by atoms with Gasteiger partial charge in [-0.2, -0.15) is 0 Å². The predicted octanol–water partition coefficient (Wildman–Crippen LogP) is 5.27. The second-order valence-corrected chi connectivity index (χ2v) is 16.6. The van der Waals surface area contributed by atoms with Gasteiger partial charge in [-0.15, -0.1) is 0 Å². The smallest absolute Gasteiger partial charge is 0.268 e. The summed E-state index contributed by atoms with van der Waals surface area (Å²) in [5.74, 6) is -1.93. The largest absolute Gasteiger partial charge is 0.411 e. The Balaban J connectivity index is 2.39. The number of carbonyl (C=O) groups is 1. The molecule has 0 bridgehead atoms. The molecule has 0 spiro atoms. The minimum Gasteiger partial charge on any atom is -0.411 e. The minimum absolute atomic E-state index is 0.0191. The molecule has 0 fully saturated rings. The standard InChI is InChI=1S/C23H34ClNO6SSi/c1-17-9-11-18(12-10-17)32(27,28)25-14-13-19(24)21(25)20(26)15-23(29-5,30-6)16-31-33(7,8)22(2,3)4/h9-14H,15-16H2,1-8H3. The molecule has 1 aromatic carbocycles. The number of ether oxygens (including phenoxy) is 2. The van der Waals surface area contributed by atoms with Crippen molar-refractivity contribution in [3.05, 3.63) is 52.8 Å². The first-order valence-electron chi connectivity index (χ1n) is 10.6. The second kappa shape index (κ2) is 10.0. The minimum atomic E-state index is -4.03. The quantitative estimate of drug-likeness (QED) is 0.243. The molecule has 0 unspecified atom stereocenters. The molecule has 2 aromatic rings. The van der Waals surface area contributed by atoms with Crippen LogP contribution in [0, 0.1) is 6.92 Å². The van der Waals surface area contributed by atoms with Crippen LogP contribution in [0.2, 0.25) is 23.2 Å². The van der Waals surface area contributed by atoms with Gasteiger partial charge in [-0.3, -0.25) is 4.79 Å². The maximum Gasteiger partial charge on any atom is 0.268 e. The fourth-order valence-corrected chi connectivity index (χ4v) is 5.59. The van der Waals surface area contributed by atoms with Crippen molar-refractivity contribution < 1.29 is 27.1 Å². The van der Waals surface area contributed by atoms with E-state index in [1.807, 2.05) is 6.92 Å². The third-order valence-electron chi connectivity index (χ3n) is 6.28. The monoisotopic (exact) mass is 515 g/mol. The fourth-order valence-electron chi connectivity index (χ4n) is 2.90. The topological polar surface area (TPSA) is 83.8 Å². The molecule has 0 saturated carbocycles. The van der Waals surface area contributed by atoms with E-state index in [9.17, 15) is 13.2 Å². The molecule has 33 heavy (non-hydrogen) atoms. The molecular formula is C23H34ClNO6SSi. The van der Waals surface area contributed by atoms with Crippen molar-refractivity contribution in [2.45, 2.75) is 62.9 Å². The van der Waals surface area contributed by atoms with E-state index in [4.69, 9.17) is 25.5 Å². The molecule has 0 aliphatic heterocycles. The van der Waals surface area contributed by atoms with Crippen molar-refractivity contribution in [3.63, 3.8) is 0 Å². The SMILES string of the molecule is COC(CO[Si](C)(C)C(C)(C)C)(CC(=O)c1c(Cl)ccn1S(=O)(=O)c1ccc(C)cc1)OC. The van der Waals surface area contributed by atoms with Crippen molar-refractivity contribution in [1.29, 1.82) is 0 Å². The summed E-state index contributed by atoms with van der Waals surface area (Å²) in [6.07, 6.45) is 1.000. The van der Waals surface area contributed by atoms with Gasteiger partial charge in [0.1, 0.15) is 5.69 Å². The van der Waals surface area contributed by atoms with Crippen molar-refractivity contribution in [3.8, 4) is 0 Å². The molecule has 10 heteroatoms. The van der Waals surface area contributed by atoms with Gasteiger partial charge in [-0.25, -0.2) is 12.4 Å². The summed E-state index contributed by atoms with van der Waals surface area (Å²) in [5, 5.41) is -0.0215. The third kappa shape index (κ3) is 5.96. The zero-order chi connectivity index (χ0) is 25.2. The maximum atomic E-state index is 13.4. The van der Waals surface area contributed by atoms with E-state index in [0.717, 1.165) is 9.54 Å². The van der Waals surface area contributed by atoms with Crippen molar-refractivity contribution in [2.75, 3.05) is 20.8 Å². The lowest BCUT2D eigenvalue weighted by Crippen LogP contribution is -2.49. The average molecular weight is 516 g/mol. The zero-order valence-corrected chi connectivity index (χ0v) is 23.1. The summed E-state index contributed by atoms with van der Waals surface area (Å²) < 4.78 is 44.8. The molecule has 0 aliphatic carbocycles. The van der Waals surface area contributed by atoms with Crippen LogP contribution < -0.4 is 0 Å². The third-order valence-corrected chi connectivity index (χ3v) is 12.8. The van der Waals surface area contributed by atoms with Crippen LogP contribution in [0.5, 0.6) is 0 Å². The van der Waals surface area contributed by atoms with Gasteiger partial charge < -0.3 is 13.9 Å². The number of aryl methyl sites for hydroxylation is 1. The van der Waals surface area contributed by atoms with E-state index in [1.54, 1.807) is 12.1 Å². The highest BCUT2D eigenvalue weighted by atomic mass is 35.5. The molecule has 0 atom stereocenters. The summed E-state index contributed by atoms with van der Waals surface area (Å²) in [6.45, 7) is 12.4. The van der Waals surface area contributed by atoms with Crippen LogP contribution in [0.25, 0.3) is 0 Å². The van der Waals surface area contributed by atoms with Crippen LogP contribution in [0.3, 0.4) is 0 Å². The van der Waals surface area contributed by atoms with Crippen LogP contribution in [0.4, 0.5) is 0 Å². The van der Waals surface area contributed by atoms with E-state index >= 15 is 0 Å². The summed E-state index contributed by atoms with van der Waals surface area (Å²) in [4.78, 5) is 13.4. The van der Waals surface area contributed by atoms with Gasteiger partial charge in [-0.1, -0.05) is 50.1 Å². The van der Waals surface area contributed by atoms with Gasteiger partial charge >= 0.3 is 0 Å². The normalized spacial score (nSPS) is 13.4. The second-order valence-electron chi connectivity index (χ2n) is 9.59. The molecular weight excluding hydrogens is 482 g/mol. The predicted molar refractivity (Wildman–Crippen MR) is 132 cm³/mol. The lowest BCUT2D eigenvalue weighted by molar-refractivity contribution is -0.220. The Hall–Kier alpha value is -1.49. The van der Waals surface area contributed by atoms with E-state index < -0.39 is 29.9 Å². The molecule has 1 heterocycles. The maximum absolute atomic E-state index is 13.4. The summed E-state index contributed by atoms with van der Waals surface area (Å²) in [7, 11) is -3.34. The lowest BCUT2D eigenvalue weighted by Gasteiger charge is -2.40. The van der Waals surface area contributed by atoms with Crippen LogP contribution in [0.1, 0.15) is 43.2 Å². The van der Waals surface area contributed by atoms with Gasteiger partial charge in [0.05, 0.1) is 22.9 Å². The summed E-state index contributed by atoms with van der Waals surface area (Å²) in [6, 6.07) is 7.76. The highest BCUT2D eigenvalue weighted by Crippen LogP contribution is 2.38. The summed E-state index contributed by atoms with van der Waals surface area (Å²) >= 11 is 6.27. The number of nitrogens with zero attached hydrogens (tertiary/aromatic N) is 1. The lowest BCUT2D eigenvalue weighted by atomic mass is 10.1. The molecule has 0 amide bonds. The van der Waals surface area contributed by atoms with Crippen molar-refractivity contribution >= 4 is 35.7 Å². The first-order valence-corrected chi connectivity index (χ1v) is 15.3. The summed E-state index contributed by atoms with van der Waals surface area (Å²) in [5.41, 5.74) is 0.769. The van der Waals surface area contributed by atoms with Gasteiger partial charge in [0.2, 0.25) is 0 Å². The van der Waals surface area contributed by atoms with Gasteiger partial charge in [0.15, 0.2) is 19.9 Å².